The quantitative estimate of drug-likeness (QED) is 0.670. The zero-order valence-corrected chi connectivity index (χ0v) is 10.4. The molecule has 0 spiro atoms. The van der Waals surface area contributed by atoms with Gasteiger partial charge in [-0.2, -0.15) is 0 Å². The maximum Gasteiger partial charge on any atom is 0.201 e. The number of aliphatic hydroxyl groups is 1. The Labute approximate surface area is 111 Å². The molecule has 0 aliphatic rings. The van der Waals surface area contributed by atoms with Crippen molar-refractivity contribution in [2.45, 2.75) is 13.2 Å². The van der Waals surface area contributed by atoms with E-state index in [4.69, 9.17) is 5.11 Å². The molecule has 1 aromatic heterocycles. The van der Waals surface area contributed by atoms with Gasteiger partial charge in [-0.1, -0.05) is 36.4 Å². The van der Waals surface area contributed by atoms with Gasteiger partial charge in [0.05, 0.1) is 17.6 Å². The van der Waals surface area contributed by atoms with E-state index in [2.05, 4.69) is 15.3 Å². The predicted molar refractivity (Wildman–Crippen MR) is 75.8 cm³/mol. The average molecular weight is 253 g/mol. The molecule has 0 atom stereocenters. The van der Waals surface area contributed by atoms with Gasteiger partial charge in [-0.15, -0.1) is 0 Å². The number of benzene rings is 2. The normalized spacial score (nSPS) is 10.8. The molecule has 0 saturated carbocycles. The van der Waals surface area contributed by atoms with E-state index in [0.717, 1.165) is 28.1 Å². The highest BCUT2D eigenvalue weighted by Crippen LogP contribution is 2.14. The molecule has 0 aliphatic carbocycles. The van der Waals surface area contributed by atoms with Crippen LogP contribution in [0.2, 0.25) is 0 Å². The second-order valence-electron chi connectivity index (χ2n) is 4.43. The van der Waals surface area contributed by atoms with Crippen molar-refractivity contribution >= 4 is 17.0 Å². The summed E-state index contributed by atoms with van der Waals surface area (Å²) in [5, 5.41) is 12.4. The summed E-state index contributed by atoms with van der Waals surface area (Å²) in [5.74, 6) is 0.760. The number of hydrogen-bond donors (Lipinski definition) is 3. The summed E-state index contributed by atoms with van der Waals surface area (Å²) in [6.45, 7) is 0.742. The van der Waals surface area contributed by atoms with Gasteiger partial charge in [-0.05, 0) is 23.3 Å². The van der Waals surface area contributed by atoms with Crippen LogP contribution in [0.1, 0.15) is 11.1 Å². The molecular weight excluding hydrogens is 238 g/mol. The molecule has 96 valence electrons. The molecule has 0 fully saturated rings. The Morgan fingerprint density at radius 3 is 2.74 bits per heavy atom. The van der Waals surface area contributed by atoms with E-state index in [0.29, 0.717) is 6.54 Å². The topological polar surface area (TPSA) is 60.9 Å². The molecule has 0 amide bonds. The summed E-state index contributed by atoms with van der Waals surface area (Å²) in [6.07, 6.45) is 0. The Hall–Kier alpha value is -2.33. The molecule has 0 radical (unpaired) electrons. The Morgan fingerprint density at radius 2 is 1.89 bits per heavy atom. The fraction of sp³-hybridized carbons (Fsp3) is 0.133. The van der Waals surface area contributed by atoms with Crippen molar-refractivity contribution < 1.29 is 5.11 Å². The van der Waals surface area contributed by atoms with Crippen LogP contribution in [-0.2, 0) is 13.2 Å². The predicted octanol–water partition coefficient (Wildman–Crippen LogP) is 2.67. The second-order valence-corrected chi connectivity index (χ2v) is 4.43. The molecule has 4 heteroatoms. The van der Waals surface area contributed by atoms with Gasteiger partial charge in [0, 0.05) is 6.54 Å². The highest BCUT2D eigenvalue weighted by Gasteiger charge is 2.01. The van der Waals surface area contributed by atoms with Crippen LogP contribution in [0.4, 0.5) is 5.95 Å². The van der Waals surface area contributed by atoms with Crippen LogP contribution in [0.5, 0.6) is 0 Å². The van der Waals surface area contributed by atoms with E-state index >= 15 is 0 Å². The molecular formula is C15H15N3O. The minimum Gasteiger partial charge on any atom is -0.392 e. The largest absolute Gasteiger partial charge is 0.392 e. The number of H-pyrrole nitrogens is 1. The van der Waals surface area contributed by atoms with Crippen LogP contribution >= 0.6 is 0 Å². The zero-order chi connectivity index (χ0) is 13.1. The van der Waals surface area contributed by atoms with Gasteiger partial charge in [0.1, 0.15) is 0 Å². The van der Waals surface area contributed by atoms with Gasteiger partial charge in [0.2, 0.25) is 5.95 Å². The number of para-hydroxylation sites is 2. The Morgan fingerprint density at radius 1 is 1.05 bits per heavy atom. The average Bonchev–Trinajstić information content (AvgIpc) is 2.88. The third-order valence-electron chi connectivity index (χ3n) is 3.02. The van der Waals surface area contributed by atoms with Gasteiger partial charge < -0.3 is 15.4 Å². The molecule has 0 bridgehead atoms. The lowest BCUT2D eigenvalue weighted by Crippen LogP contribution is -2.01. The Bertz CT molecular complexity index is 657. The lowest BCUT2D eigenvalue weighted by molar-refractivity contribution is 0.281. The third-order valence-corrected chi connectivity index (χ3v) is 3.02. The van der Waals surface area contributed by atoms with Gasteiger partial charge >= 0.3 is 0 Å². The molecule has 0 unspecified atom stereocenters. The first-order valence-corrected chi connectivity index (χ1v) is 6.22. The minimum absolute atomic E-state index is 0.0679. The number of hydrogen-bond acceptors (Lipinski definition) is 3. The van der Waals surface area contributed by atoms with Crippen molar-refractivity contribution in [2.24, 2.45) is 0 Å². The second kappa shape index (κ2) is 5.12. The zero-order valence-electron chi connectivity index (χ0n) is 10.4. The van der Waals surface area contributed by atoms with Crippen LogP contribution in [-0.4, -0.2) is 15.1 Å². The summed E-state index contributed by atoms with van der Waals surface area (Å²) >= 11 is 0. The number of nitrogens with zero attached hydrogens (tertiary/aromatic N) is 1. The summed E-state index contributed by atoms with van der Waals surface area (Å²) in [7, 11) is 0. The fourth-order valence-corrected chi connectivity index (χ4v) is 2.06. The van der Waals surface area contributed by atoms with Crippen molar-refractivity contribution in [3.05, 3.63) is 59.7 Å². The van der Waals surface area contributed by atoms with Crippen LogP contribution < -0.4 is 5.32 Å². The highest BCUT2D eigenvalue weighted by molar-refractivity contribution is 5.77. The standard InChI is InChI=1S/C15H15N3O/c19-10-12-5-3-4-11(8-12)9-16-15-17-13-6-1-2-7-14(13)18-15/h1-8,19H,9-10H2,(H2,16,17,18). The van der Waals surface area contributed by atoms with Gasteiger partial charge in [0.15, 0.2) is 0 Å². The number of aromatic nitrogens is 2. The number of aliphatic hydroxyl groups excluding tert-OH is 1. The molecule has 1 heterocycles. The first-order valence-electron chi connectivity index (χ1n) is 6.22. The minimum atomic E-state index is 0.0679. The van der Waals surface area contributed by atoms with Crippen molar-refractivity contribution in [1.29, 1.82) is 0 Å². The van der Waals surface area contributed by atoms with Crippen molar-refractivity contribution in [3.8, 4) is 0 Å². The number of aromatic amines is 1. The van der Waals surface area contributed by atoms with Crippen LogP contribution in [0.3, 0.4) is 0 Å². The number of anilines is 1. The molecule has 0 saturated heterocycles. The molecule has 3 aromatic rings. The first kappa shape index (κ1) is 11.7. The summed E-state index contributed by atoms with van der Waals surface area (Å²) in [6, 6.07) is 15.8. The maximum absolute atomic E-state index is 9.10. The molecule has 4 nitrogen and oxygen atoms in total. The Balaban J connectivity index is 1.74. The molecule has 3 N–H and O–H groups in total. The van der Waals surface area contributed by atoms with Crippen molar-refractivity contribution in [3.63, 3.8) is 0 Å². The van der Waals surface area contributed by atoms with E-state index in [1.807, 2.05) is 48.5 Å². The summed E-state index contributed by atoms with van der Waals surface area (Å²) in [4.78, 5) is 7.68. The van der Waals surface area contributed by atoms with E-state index in [9.17, 15) is 0 Å². The van der Waals surface area contributed by atoms with Crippen LogP contribution in [0, 0.1) is 0 Å². The molecule has 3 rings (SSSR count). The monoisotopic (exact) mass is 253 g/mol. The van der Waals surface area contributed by atoms with E-state index < -0.39 is 0 Å². The fourth-order valence-electron chi connectivity index (χ4n) is 2.06. The van der Waals surface area contributed by atoms with Crippen LogP contribution in [0.15, 0.2) is 48.5 Å². The summed E-state index contributed by atoms with van der Waals surface area (Å²) in [5.41, 5.74) is 4.01. The van der Waals surface area contributed by atoms with Gasteiger partial charge in [-0.3, -0.25) is 0 Å². The van der Waals surface area contributed by atoms with E-state index in [-0.39, 0.29) is 6.61 Å². The van der Waals surface area contributed by atoms with E-state index in [1.54, 1.807) is 0 Å². The van der Waals surface area contributed by atoms with Gasteiger partial charge in [0.25, 0.3) is 0 Å². The SMILES string of the molecule is OCc1cccc(CNc2nc3ccccc3[nH]2)c1. The Kier molecular flexibility index (Phi) is 3.16. The number of rotatable bonds is 4. The first-order chi connectivity index (χ1) is 9.35. The maximum atomic E-state index is 9.10. The third kappa shape index (κ3) is 2.58. The lowest BCUT2D eigenvalue weighted by atomic mass is 10.1. The number of imidazole rings is 1. The number of nitrogens with one attached hydrogen (secondary N) is 2. The van der Waals surface area contributed by atoms with Gasteiger partial charge in [-0.25, -0.2) is 4.98 Å². The molecule has 0 aliphatic heterocycles. The van der Waals surface area contributed by atoms with E-state index in [1.165, 1.54) is 0 Å². The number of fused-ring (bicyclic) bond motifs is 1. The lowest BCUT2D eigenvalue weighted by Gasteiger charge is -2.04. The highest BCUT2D eigenvalue weighted by atomic mass is 16.3. The molecule has 2 aromatic carbocycles. The summed E-state index contributed by atoms with van der Waals surface area (Å²) < 4.78 is 0. The molecule has 19 heavy (non-hydrogen) atoms. The van der Waals surface area contributed by atoms with Crippen LogP contribution in [0.25, 0.3) is 11.0 Å². The van der Waals surface area contributed by atoms with Crippen molar-refractivity contribution in [2.75, 3.05) is 5.32 Å². The smallest absolute Gasteiger partial charge is 0.201 e. The van der Waals surface area contributed by atoms with Crippen molar-refractivity contribution in [1.82, 2.24) is 9.97 Å².